The lowest BCUT2D eigenvalue weighted by Crippen LogP contribution is -2.37. The van der Waals surface area contributed by atoms with Gasteiger partial charge < -0.3 is 34.7 Å². The van der Waals surface area contributed by atoms with Crippen molar-refractivity contribution in [2.75, 3.05) is 55.9 Å². The molecule has 0 unspecified atom stereocenters. The number of aliphatic hydroxyl groups is 1. The molecule has 11 nitrogen and oxygen atoms in total. The number of carbonyl (C=O) groups excluding carboxylic acids is 2. The molecular formula is C33H31FN6O5. The highest BCUT2D eigenvalue weighted by Crippen LogP contribution is 2.33. The highest BCUT2D eigenvalue weighted by Gasteiger charge is 2.20. The smallest absolute Gasteiger partial charge is 0.323 e. The lowest BCUT2D eigenvalue weighted by Gasteiger charge is -2.29. The second-order valence-electron chi connectivity index (χ2n) is 10.7. The molecule has 3 amide bonds. The van der Waals surface area contributed by atoms with Gasteiger partial charge in [-0.15, -0.1) is 0 Å². The molecular weight excluding hydrogens is 579 g/mol. The van der Waals surface area contributed by atoms with Gasteiger partial charge in [-0.25, -0.2) is 19.2 Å². The Balaban J connectivity index is 1.26. The van der Waals surface area contributed by atoms with Crippen LogP contribution in [0.5, 0.6) is 0 Å². The predicted octanol–water partition coefficient (Wildman–Crippen LogP) is 5.37. The molecule has 0 aliphatic carbocycles. The van der Waals surface area contributed by atoms with E-state index in [0.29, 0.717) is 71.8 Å². The average molecular weight is 611 g/mol. The van der Waals surface area contributed by atoms with Crippen LogP contribution in [0.1, 0.15) is 16.1 Å². The number of aliphatic hydroxyl groups excluding tert-OH is 1. The molecule has 230 valence electrons. The third-order valence-corrected chi connectivity index (χ3v) is 7.36. The lowest BCUT2D eigenvalue weighted by atomic mass is 10.1. The number of rotatable bonds is 7. The second kappa shape index (κ2) is 12.7. The molecule has 3 N–H and O–H groups in total. The number of amides is 3. The van der Waals surface area contributed by atoms with Crippen molar-refractivity contribution in [3.63, 3.8) is 0 Å². The van der Waals surface area contributed by atoms with Crippen LogP contribution in [0.15, 0.2) is 77.2 Å². The highest BCUT2D eigenvalue weighted by molar-refractivity contribution is 6.01. The number of benzene rings is 3. The number of urea groups is 1. The maximum Gasteiger partial charge on any atom is 0.323 e. The van der Waals surface area contributed by atoms with Gasteiger partial charge in [0.2, 0.25) is 0 Å². The van der Waals surface area contributed by atoms with Gasteiger partial charge >= 0.3 is 6.03 Å². The Kier molecular flexibility index (Phi) is 8.41. The third-order valence-electron chi connectivity index (χ3n) is 7.36. The summed E-state index contributed by atoms with van der Waals surface area (Å²) in [7, 11) is 3.31. The van der Waals surface area contributed by atoms with Gasteiger partial charge in [0.15, 0.2) is 5.82 Å². The summed E-state index contributed by atoms with van der Waals surface area (Å²) in [6, 6.07) is 19.4. The molecule has 1 saturated heterocycles. The topological polar surface area (TPSA) is 133 Å². The van der Waals surface area contributed by atoms with E-state index in [0.717, 1.165) is 10.9 Å². The Morgan fingerprint density at radius 2 is 1.69 bits per heavy atom. The highest BCUT2D eigenvalue weighted by atomic mass is 19.1. The molecule has 0 saturated carbocycles. The van der Waals surface area contributed by atoms with Gasteiger partial charge in [-0.1, -0.05) is 6.07 Å². The molecule has 45 heavy (non-hydrogen) atoms. The van der Waals surface area contributed by atoms with Crippen molar-refractivity contribution in [3.05, 3.63) is 89.9 Å². The Hall–Kier alpha value is -5.33. The molecule has 3 aromatic carbocycles. The quantitative estimate of drug-likeness (QED) is 0.224. The number of anilines is 3. The standard InChI is InChI=1S/C33H31FN6O5/c1-39(2)32(42)20-3-7-23(8-4-20)35-33(43)37-27-11-6-22(17-26(27)34)30-36-28-18-21(29-12-9-24(19-41)45-29)5-10-25(28)31(38-30)40-13-15-44-16-14-40/h3-12,17-18,41H,13-16,19H2,1-2H3,(H2,35,37,43). The maximum atomic E-state index is 15.3. The summed E-state index contributed by atoms with van der Waals surface area (Å²) in [6.45, 7) is 2.21. The first-order chi connectivity index (χ1) is 21.8. The van der Waals surface area contributed by atoms with Crippen molar-refractivity contribution in [2.45, 2.75) is 6.61 Å². The minimum Gasteiger partial charge on any atom is -0.459 e. The van der Waals surface area contributed by atoms with Gasteiger partial charge in [-0.05, 0) is 66.7 Å². The number of furan rings is 1. The molecule has 0 atom stereocenters. The van der Waals surface area contributed by atoms with Crippen LogP contribution in [0.3, 0.4) is 0 Å². The van der Waals surface area contributed by atoms with E-state index >= 15 is 4.39 Å². The molecule has 12 heteroatoms. The van der Waals surface area contributed by atoms with Gasteiger partial charge in [0, 0.05) is 54.9 Å². The van der Waals surface area contributed by atoms with E-state index in [1.165, 1.54) is 17.0 Å². The summed E-state index contributed by atoms with van der Waals surface area (Å²) in [4.78, 5) is 37.9. The maximum absolute atomic E-state index is 15.3. The number of carbonyl (C=O) groups is 2. The van der Waals surface area contributed by atoms with Gasteiger partial charge in [0.25, 0.3) is 5.91 Å². The number of nitrogens with one attached hydrogen (secondary N) is 2. The third kappa shape index (κ3) is 6.47. The van der Waals surface area contributed by atoms with Gasteiger partial charge in [0.05, 0.1) is 24.4 Å². The first-order valence-electron chi connectivity index (χ1n) is 14.3. The Labute approximate surface area is 258 Å². The Morgan fingerprint density at radius 1 is 0.933 bits per heavy atom. The van der Waals surface area contributed by atoms with Crippen LogP contribution in [0.4, 0.5) is 26.4 Å². The Bertz CT molecular complexity index is 1870. The van der Waals surface area contributed by atoms with Crippen LogP contribution in [0.2, 0.25) is 0 Å². The largest absolute Gasteiger partial charge is 0.459 e. The van der Waals surface area contributed by atoms with E-state index in [4.69, 9.17) is 19.1 Å². The minimum absolute atomic E-state index is 0.0235. The van der Waals surface area contributed by atoms with Crippen LogP contribution in [-0.4, -0.2) is 72.3 Å². The molecule has 1 fully saturated rings. The van der Waals surface area contributed by atoms with Crippen molar-refractivity contribution in [1.29, 1.82) is 0 Å². The molecule has 1 aliphatic rings. The monoisotopic (exact) mass is 610 g/mol. The molecule has 3 heterocycles. The van der Waals surface area contributed by atoms with E-state index in [1.54, 1.807) is 56.6 Å². The summed E-state index contributed by atoms with van der Waals surface area (Å²) < 4.78 is 26.6. The van der Waals surface area contributed by atoms with Crippen molar-refractivity contribution < 1.29 is 28.2 Å². The molecule has 5 aromatic rings. The van der Waals surface area contributed by atoms with E-state index in [2.05, 4.69) is 15.5 Å². The summed E-state index contributed by atoms with van der Waals surface area (Å²) in [6.07, 6.45) is 0. The lowest BCUT2D eigenvalue weighted by molar-refractivity contribution is 0.0827. The Morgan fingerprint density at radius 3 is 2.38 bits per heavy atom. The normalized spacial score (nSPS) is 13.1. The van der Waals surface area contributed by atoms with E-state index in [9.17, 15) is 14.7 Å². The van der Waals surface area contributed by atoms with Crippen molar-refractivity contribution >= 4 is 40.0 Å². The van der Waals surface area contributed by atoms with Crippen LogP contribution in [-0.2, 0) is 11.3 Å². The fourth-order valence-corrected chi connectivity index (χ4v) is 5.02. The van der Waals surface area contributed by atoms with Crippen LogP contribution < -0.4 is 15.5 Å². The number of halogens is 1. The summed E-state index contributed by atoms with van der Waals surface area (Å²) in [5, 5.41) is 15.4. The number of fused-ring (bicyclic) bond motifs is 1. The zero-order chi connectivity index (χ0) is 31.5. The predicted molar refractivity (Wildman–Crippen MR) is 169 cm³/mol. The van der Waals surface area contributed by atoms with E-state index < -0.39 is 11.8 Å². The average Bonchev–Trinajstić information content (AvgIpc) is 3.55. The van der Waals surface area contributed by atoms with Gasteiger partial charge in [0.1, 0.15) is 29.8 Å². The summed E-state index contributed by atoms with van der Waals surface area (Å²) in [5.41, 5.74) is 2.75. The van der Waals surface area contributed by atoms with Gasteiger partial charge in [-0.3, -0.25) is 4.79 Å². The first kappa shape index (κ1) is 29.7. The molecule has 2 aromatic heterocycles. The number of hydrogen-bond donors (Lipinski definition) is 3. The van der Waals surface area contributed by atoms with Crippen LogP contribution in [0.25, 0.3) is 33.6 Å². The van der Waals surface area contributed by atoms with Crippen molar-refractivity contribution in [3.8, 4) is 22.7 Å². The fourth-order valence-electron chi connectivity index (χ4n) is 5.02. The second-order valence-corrected chi connectivity index (χ2v) is 10.7. The fraction of sp³-hybridized carbons (Fsp3) is 0.212. The molecule has 0 bridgehead atoms. The van der Waals surface area contributed by atoms with Crippen LogP contribution in [0, 0.1) is 5.82 Å². The number of hydrogen-bond acceptors (Lipinski definition) is 8. The molecule has 1 aliphatic heterocycles. The zero-order valence-corrected chi connectivity index (χ0v) is 24.7. The first-order valence-corrected chi connectivity index (χ1v) is 14.3. The van der Waals surface area contributed by atoms with E-state index in [-0.39, 0.29) is 18.2 Å². The molecule has 0 spiro atoms. The van der Waals surface area contributed by atoms with Gasteiger partial charge in [-0.2, -0.15) is 0 Å². The van der Waals surface area contributed by atoms with Crippen molar-refractivity contribution in [2.24, 2.45) is 0 Å². The minimum atomic E-state index is -0.660. The zero-order valence-electron chi connectivity index (χ0n) is 24.7. The summed E-state index contributed by atoms with van der Waals surface area (Å²) >= 11 is 0. The van der Waals surface area contributed by atoms with Crippen LogP contribution >= 0.6 is 0 Å². The molecule has 6 rings (SSSR count). The molecule has 0 radical (unpaired) electrons. The number of morpholine rings is 1. The number of ether oxygens (including phenoxy) is 1. The van der Waals surface area contributed by atoms with Crippen molar-refractivity contribution in [1.82, 2.24) is 14.9 Å². The van der Waals surface area contributed by atoms with E-state index in [1.807, 2.05) is 18.2 Å². The number of nitrogens with zero attached hydrogens (tertiary/aromatic N) is 4. The summed E-state index contributed by atoms with van der Waals surface area (Å²) in [5.74, 6) is 1.25. The SMILES string of the molecule is CN(C)C(=O)c1ccc(NC(=O)Nc2ccc(-c3nc(N4CCOCC4)c4ccc(-c5ccc(CO)o5)cc4n3)cc2F)cc1. The number of aromatic nitrogens is 2.